The molecule has 20 heavy (non-hydrogen) atoms. The van der Waals surface area contributed by atoms with Crippen LogP contribution in [0.2, 0.25) is 0 Å². The molecule has 0 unspecified atom stereocenters. The van der Waals surface area contributed by atoms with Gasteiger partial charge in [0.1, 0.15) is 6.33 Å². The maximum atomic E-state index is 5.50. The lowest BCUT2D eigenvalue weighted by molar-refractivity contribution is 0.674. The molecule has 5 heteroatoms. The van der Waals surface area contributed by atoms with E-state index < -0.39 is 0 Å². The van der Waals surface area contributed by atoms with Gasteiger partial charge in [-0.25, -0.2) is 14.6 Å². The Hall–Kier alpha value is -2.87. The van der Waals surface area contributed by atoms with E-state index in [1.807, 2.05) is 36.1 Å². The molecule has 3 heterocycles. The third kappa shape index (κ3) is 1.36. The quantitative estimate of drug-likeness (QED) is 0.453. The van der Waals surface area contributed by atoms with Crippen LogP contribution < -0.4 is 0 Å². The van der Waals surface area contributed by atoms with E-state index >= 15 is 0 Å². The molecule has 1 aliphatic heterocycles. The Morgan fingerprint density at radius 3 is 3.05 bits per heavy atom. The largest absolute Gasteiger partial charge is 0.300 e. The van der Waals surface area contributed by atoms with Gasteiger partial charge < -0.3 is 4.57 Å². The molecule has 1 aromatic carbocycles. The van der Waals surface area contributed by atoms with Crippen LogP contribution in [0.4, 0.5) is 0 Å². The molecular weight excluding hydrogens is 250 g/mol. The maximum absolute atomic E-state index is 5.50. The van der Waals surface area contributed by atoms with Crippen molar-refractivity contribution in [3.05, 3.63) is 47.8 Å². The first-order chi connectivity index (χ1) is 9.78. The van der Waals surface area contributed by atoms with E-state index in [9.17, 15) is 0 Å². The average Bonchev–Trinajstić information content (AvgIpc) is 3.04. The molecule has 0 aliphatic carbocycles. The predicted octanol–water partition coefficient (Wildman–Crippen LogP) is 1.78. The molecule has 1 aliphatic rings. The summed E-state index contributed by atoms with van der Waals surface area (Å²) in [5, 5.41) is 4.30. The van der Waals surface area contributed by atoms with Gasteiger partial charge in [0.15, 0.2) is 5.82 Å². The Morgan fingerprint density at radius 2 is 2.20 bits per heavy atom. The second-order valence-corrected chi connectivity index (χ2v) is 4.76. The van der Waals surface area contributed by atoms with Crippen molar-refractivity contribution in [3.63, 3.8) is 0 Å². The lowest BCUT2D eigenvalue weighted by atomic mass is 10.1. The number of hydrogen-bond acceptors (Lipinski definition) is 3. The molecule has 4 rings (SSSR count). The lowest BCUT2D eigenvalue weighted by Gasteiger charge is -2.08. The molecule has 0 saturated heterocycles. The van der Waals surface area contributed by atoms with Gasteiger partial charge in [0, 0.05) is 11.1 Å². The molecule has 0 atom stereocenters. The summed E-state index contributed by atoms with van der Waals surface area (Å²) in [4.78, 5) is 8.78. The SMILES string of the molecule is C#Cc1ccc2c(c1)-c1ncnn1Cc1c(C)ncn1-2. The van der Waals surface area contributed by atoms with Crippen LogP contribution in [0.15, 0.2) is 30.9 Å². The van der Waals surface area contributed by atoms with Gasteiger partial charge in [0.25, 0.3) is 0 Å². The third-order valence-electron chi connectivity index (χ3n) is 3.65. The monoisotopic (exact) mass is 261 g/mol. The highest BCUT2D eigenvalue weighted by Crippen LogP contribution is 2.31. The van der Waals surface area contributed by atoms with E-state index in [1.165, 1.54) is 0 Å². The van der Waals surface area contributed by atoms with Gasteiger partial charge in [-0.05, 0) is 25.1 Å². The van der Waals surface area contributed by atoms with E-state index in [0.717, 1.165) is 34.0 Å². The van der Waals surface area contributed by atoms with E-state index in [1.54, 1.807) is 6.33 Å². The highest BCUT2D eigenvalue weighted by molar-refractivity contribution is 5.71. The molecule has 3 aromatic rings. The van der Waals surface area contributed by atoms with Gasteiger partial charge in [-0.3, -0.25) is 0 Å². The minimum absolute atomic E-state index is 0.654. The van der Waals surface area contributed by atoms with Gasteiger partial charge in [-0.15, -0.1) is 6.42 Å². The molecule has 0 amide bonds. The summed E-state index contributed by atoms with van der Waals surface area (Å²) in [6.45, 7) is 2.66. The molecule has 0 N–H and O–H groups in total. The summed E-state index contributed by atoms with van der Waals surface area (Å²) in [6, 6.07) is 5.92. The molecule has 0 bridgehead atoms. The first kappa shape index (κ1) is 11.0. The summed E-state index contributed by atoms with van der Waals surface area (Å²) in [5.41, 5.74) is 4.96. The van der Waals surface area contributed by atoms with Crippen LogP contribution in [-0.2, 0) is 6.54 Å². The number of terminal acetylenes is 1. The Bertz CT molecular complexity index is 863. The summed E-state index contributed by atoms with van der Waals surface area (Å²) in [6.07, 6.45) is 8.92. The highest BCUT2D eigenvalue weighted by atomic mass is 15.3. The van der Waals surface area contributed by atoms with Crippen molar-refractivity contribution in [2.75, 3.05) is 0 Å². The number of aromatic nitrogens is 5. The first-order valence-electron chi connectivity index (χ1n) is 6.30. The lowest BCUT2D eigenvalue weighted by Crippen LogP contribution is -2.05. The van der Waals surface area contributed by atoms with E-state index in [0.29, 0.717) is 6.54 Å². The number of rotatable bonds is 0. The Morgan fingerprint density at radius 1 is 1.30 bits per heavy atom. The van der Waals surface area contributed by atoms with Crippen LogP contribution in [0, 0.1) is 19.3 Å². The predicted molar refractivity (Wildman–Crippen MR) is 74.4 cm³/mol. The van der Waals surface area contributed by atoms with Crippen molar-refractivity contribution in [1.82, 2.24) is 24.3 Å². The molecule has 5 nitrogen and oxygen atoms in total. The van der Waals surface area contributed by atoms with Gasteiger partial charge in [0.05, 0.1) is 29.9 Å². The van der Waals surface area contributed by atoms with Crippen LogP contribution in [-0.4, -0.2) is 24.3 Å². The molecule has 0 saturated carbocycles. The zero-order valence-corrected chi connectivity index (χ0v) is 10.9. The molecule has 0 spiro atoms. The fourth-order valence-corrected chi connectivity index (χ4v) is 2.61. The van der Waals surface area contributed by atoms with Crippen molar-refractivity contribution in [1.29, 1.82) is 0 Å². The maximum Gasteiger partial charge on any atom is 0.160 e. The minimum atomic E-state index is 0.654. The van der Waals surface area contributed by atoms with Crippen LogP contribution in [0.25, 0.3) is 17.1 Å². The Labute approximate surface area is 115 Å². The van der Waals surface area contributed by atoms with Crippen LogP contribution in [0.1, 0.15) is 17.0 Å². The summed E-state index contributed by atoms with van der Waals surface area (Å²) in [5.74, 6) is 3.50. The Kier molecular flexibility index (Phi) is 2.10. The van der Waals surface area contributed by atoms with E-state index in [2.05, 4.69) is 25.6 Å². The number of imidazole rings is 1. The summed E-state index contributed by atoms with van der Waals surface area (Å²) in [7, 11) is 0. The normalized spacial score (nSPS) is 12.0. The zero-order valence-electron chi connectivity index (χ0n) is 10.9. The van der Waals surface area contributed by atoms with Crippen molar-refractivity contribution < 1.29 is 0 Å². The third-order valence-corrected chi connectivity index (χ3v) is 3.65. The first-order valence-corrected chi connectivity index (χ1v) is 6.30. The second kappa shape index (κ2) is 3.81. The smallest absolute Gasteiger partial charge is 0.160 e. The van der Waals surface area contributed by atoms with Crippen LogP contribution in [0.3, 0.4) is 0 Å². The van der Waals surface area contributed by atoms with Crippen molar-refractivity contribution in [3.8, 4) is 29.4 Å². The minimum Gasteiger partial charge on any atom is -0.300 e. The highest BCUT2D eigenvalue weighted by Gasteiger charge is 2.22. The number of nitrogens with zero attached hydrogens (tertiary/aromatic N) is 5. The van der Waals surface area contributed by atoms with E-state index in [-0.39, 0.29) is 0 Å². The fourth-order valence-electron chi connectivity index (χ4n) is 2.61. The van der Waals surface area contributed by atoms with Gasteiger partial charge in [-0.2, -0.15) is 5.10 Å². The molecule has 2 aromatic heterocycles. The number of benzene rings is 1. The topological polar surface area (TPSA) is 48.5 Å². The van der Waals surface area contributed by atoms with Crippen LogP contribution in [0.5, 0.6) is 0 Å². The molecule has 96 valence electrons. The number of aryl methyl sites for hydroxylation is 1. The second-order valence-electron chi connectivity index (χ2n) is 4.76. The number of hydrogen-bond donors (Lipinski definition) is 0. The summed E-state index contributed by atoms with van der Waals surface area (Å²) >= 11 is 0. The molecule has 0 fully saturated rings. The fraction of sp³-hybridized carbons (Fsp3) is 0.133. The Balaban J connectivity index is 2.12. The van der Waals surface area contributed by atoms with Crippen molar-refractivity contribution in [2.24, 2.45) is 0 Å². The molecular formula is C15H11N5. The van der Waals surface area contributed by atoms with Crippen LogP contribution >= 0.6 is 0 Å². The standard InChI is InChI=1S/C15H11N5/c1-3-11-4-5-13-12(6-11)15-16-8-18-20(15)7-14-10(2)17-9-19(13)14/h1,4-6,8-9H,7H2,2H3. The van der Waals surface area contributed by atoms with Crippen molar-refractivity contribution in [2.45, 2.75) is 13.5 Å². The van der Waals surface area contributed by atoms with Gasteiger partial charge in [0.2, 0.25) is 0 Å². The average molecular weight is 261 g/mol. The summed E-state index contributed by atoms with van der Waals surface area (Å²) < 4.78 is 3.97. The van der Waals surface area contributed by atoms with Gasteiger partial charge >= 0.3 is 0 Å². The zero-order chi connectivity index (χ0) is 13.7. The van der Waals surface area contributed by atoms with Crippen molar-refractivity contribution >= 4 is 0 Å². The molecule has 0 radical (unpaired) electrons. The van der Waals surface area contributed by atoms with Gasteiger partial charge in [-0.1, -0.05) is 5.92 Å². The number of fused-ring (bicyclic) bond motifs is 5. The van der Waals surface area contributed by atoms with E-state index in [4.69, 9.17) is 6.42 Å².